The highest BCUT2D eigenvalue weighted by Crippen LogP contribution is 2.22. The van der Waals surface area contributed by atoms with E-state index in [2.05, 4.69) is 27.1 Å². The summed E-state index contributed by atoms with van der Waals surface area (Å²) in [5, 5.41) is 0.390. The molecule has 0 fully saturated rings. The van der Waals surface area contributed by atoms with Crippen molar-refractivity contribution in [3.63, 3.8) is 0 Å². The molecule has 2 aromatic rings. The van der Waals surface area contributed by atoms with Crippen molar-refractivity contribution in [2.45, 2.75) is 6.42 Å². The third-order valence-electron chi connectivity index (χ3n) is 2.74. The van der Waals surface area contributed by atoms with E-state index in [9.17, 15) is 0 Å². The largest absolute Gasteiger partial charge is 0.249 e. The fourth-order valence-corrected chi connectivity index (χ4v) is 2.04. The van der Waals surface area contributed by atoms with Gasteiger partial charge in [0.15, 0.2) is 5.15 Å². The van der Waals surface area contributed by atoms with Crippen LogP contribution in [-0.2, 0) is 0 Å². The highest BCUT2D eigenvalue weighted by molar-refractivity contribution is 6.33. The van der Waals surface area contributed by atoms with Crippen LogP contribution in [0.2, 0.25) is 5.15 Å². The zero-order chi connectivity index (χ0) is 12.4. The van der Waals surface area contributed by atoms with Gasteiger partial charge in [0.05, 0.1) is 17.4 Å². The molecule has 0 saturated carbocycles. The van der Waals surface area contributed by atoms with Gasteiger partial charge < -0.3 is 0 Å². The van der Waals surface area contributed by atoms with E-state index < -0.39 is 0 Å². The summed E-state index contributed by atoms with van der Waals surface area (Å²) in [5.41, 5.74) is 3.43. The number of hydrogen-bond donors (Lipinski definition) is 0. The Bertz CT molecular complexity index is 686. The number of nitrogens with zero attached hydrogens (tertiary/aromatic N) is 3. The van der Waals surface area contributed by atoms with Crippen LogP contribution in [0.1, 0.15) is 12.1 Å². The van der Waals surface area contributed by atoms with Crippen LogP contribution in [0, 0.1) is 0 Å². The van der Waals surface area contributed by atoms with Gasteiger partial charge in [0.25, 0.3) is 0 Å². The van der Waals surface area contributed by atoms with Crippen LogP contribution in [0.3, 0.4) is 0 Å². The van der Waals surface area contributed by atoms with Crippen molar-refractivity contribution in [1.82, 2.24) is 15.0 Å². The molecule has 0 saturated heterocycles. The SMILES string of the molecule is Clc1nccc2nc(C3=CC=CC=CC3)cnc12. The van der Waals surface area contributed by atoms with Crippen LogP contribution in [0.25, 0.3) is 16.6 Å². The number of halogens is 1. The fourth-order valence-electron chi connectivity index (χ4n) is 1.84. The average molecular weight is 256 g/mol. The molecular weight excluding hydrogens is 246 g/mol. The molecule has 1 aliphatic carbocycles. The molecule has 0 aliphatic heterocycles. The summed E-state index contributed by atoms with van der Waals surface area (Å²) in [4.78, 5) is 12.9. The number of aromatic nitrogens is 3. The molecule has 0 bridgehead atoms. The molecule has 88 valence electrons. The van der Waals surface area contributed by atoms with Gasteiger partial charge in [-0.1, -0.05) is 42.0 Å². The molecule has 1 aliphatic rings. The van der Waals surface area contributed by atoms with Gasteiger partial charge in [-0.05, 0) is 18.1 Å². The third-order valence-corrected chi connectivity index (χ3v) is 3.01. The molecule has 0 unspecified atom stereocenters. The second-order valence-electron chi connectivity index (χ2n) is 3.93. The van der Waals surface area contributed by atoms with Crippen LogP contribution in [0.15, 0.2) is 48.8 Å². The van der Waals surface area contributed by atoms with Crippen LogP contribution < -0.4 is 0 Å². The van der Waals surface area contributed by atoms with Crippen LogP contribution in [0.5, 0.6) is 0 Å². The molecule has 4 heteroatoms. The smallest absolute Gasteiger partial charge is 0.156 e. The molecule has 0 spiro atoms. The Balaban J connectivity index is 2.11. The van der Waals surface area contributed by atoms with Crippen LogP contribution in [0.4, 0.5) is 0 Å². The predicted molar refractivity (Wildman–Crippen MR) is 73.2 cm³/mol. The first-order valence-corrected chi connectivity index (χ1v) is 6.02. The van der Waals surface area contributed by atoms with E-state index in [1.54, 1.807) is 12.4 Å². The van der Waals surface area contributed by atoms with Gasteiger partial charge in [-0.3, -0.25) is 0 Å². The molecule has 0 atom stereocenters. The molecule has 0 radical (unpaired) electrons. The summed E-state index contributed by atoms with van der Waals surface area (Å²) in [6.45, 7) is 0. The normalized spacial score (nSPS) is 14.6. The van der Waals surface area contributed by atoms with E-state index in [1.165, 1.54) is 0 Å². The number of fused-ring (bicyclic) bond motifs is 1. The number of allylic oxidation sites excluding steroid dienone is 6. The molecule has 2 heterocycles. The van der Waals surface area contributed by atoms with Gasteiger partial charge in [0.1, 0.15) is 5.52 Å². The van der Waals surface area contributed by atoms with Crippen molar-refractivity contribution in [1.29, 1.82) is 0 Å². The van der Waals surface area contributed by atoms with Crippen molar-refractivity contribution >= 4 is 28.2 Å². The summed E-state index contributed by atoms with van der Waals surface area (Å²) >= 11 is 5.97. The minimum absolute atomic E-state index is 0.390. The van der Waals surface area contributed by atoms with Gasteiger partial charge >= 0.3 is 0 Å². The Morgan fingerprint density at radius 3 is 3.00 bits per heavy atom. The standard InChI is InChI=1S/C14H10ClN3/c15-14-13-11(7-8-16-14)18-12(9-17-13)10-5-3-1-2-4-6-10/h1-5,7-9H,6H2. The Labute approximate surface area is 110 Å². The Morgan fingerprint density at radius 2 is 2.06 bits per heavy atom. The second kappa shape index (κ2) is 4.70. The molecule has 3 rings (SSSR count). The van der Waals surface area contributed by atoms with Crippen LogP contribution in [-0.4, -0.2) is 15.0 Å². The van der Waals surface area contributed by atoms with Gasteiger partial charge in [-0.15, -0.1) is 0 Å². The molecular formula is C14H10ClN3. The number of pyridine rings is 1. The lowest BCUT2D eigenvalue weighted by Crippen LogP contribution is -1.93. The first kappa shape index (κ1) is 11.1. The lowest BCUT2D eigenvalue weighted by Gasteiger charge is -2.04. The number of rotatable bonds is 1. The molecule has 0 aromatic carbocycles. The minimum Gasteiger partial charge on any atom is -0.249 e. The summed E-state index contributed by atoms with van der Waals surface area (Å²) in [7, 11) is 0. The molecule has 0 N–H and O–H groups in total. The summed E-state index contributed by atoms with van der Waals surface area (Å²) in [6.07, 6.45) is 14.4. The maximum absolute atomic E-state index is 5.97. The van der Waals surface area contributed by atoms with E-state index in [1.807, 2.05) is 24.3 Å². The summed E-state index contributed by atoms with van der Waals surface area (Å²) < 4.78 is 0. The van der Waals surface area contributed by atoms with E-state index in [-0.39, 0.29) is 0 Å². The lowest BCUT2D eigenvalue weighted by atomic mass is 10.1. The lowest BCUT2D eigenvalue weighted by molar-refractivity contribution is 1.20. The summed E-state index contributed by atoms with van der Waals surface area (Å²) in [6, 6.07) is 1.82. The van der Waals surface area contributed by atoms with Crippen molar-refractivity contribution in [3.8, 4) is 0 Å². The number of hydrogen-bond acceptors (Lipinski definition) is 3. The van der Waals surface area contributed by atoms with Gasteiger partial charge in [0, 0.05) is 6.20 Å². The second-order valence-corrected chi connectivity index (χ2v) is 4.29. The van der Waals surface area contributed by atoms with Crippen molar-refractivity contribution in [3.05, 3.63) is 59.7 Å². The monoisotopic (exact) mass is 255 g/mol. The maximum Gasteiger partial charge on any atom is 0.156 e. The molecule has 0 amide bonds. The Kier molecular flexibility index (Phi) is 2.90. The first-order valence-electron chi connectivity index (χ1n) is 5.64. The predicted octanol–water partition coefficient (Wildman–Crippen LogP) is 3.58. The Hall–Kier alpha value is -2.00. The highest BCUT2D eigenvalue weighted by atomic mass is 35.5. The zero-order valence-corrected chi connectivity index (χ0v) is 10.3. The van der Waals surface area contributed by atoms with Crippen molar-refractivity contribution in [2.75, 3.05) is 0 Å². The van der Waals surface area contributed by atoms with Gasteiger partial charge in [0.2, 0.25) is 0 Å². The zero-order valence-electron chi connectivity index (χ0n) is 9.55. The topological polar surface area (TPSA) is 38.7 Å². The maximum atomic E-state index is 5.97. The van der Waals surface area contributed by atoms with Crippen molar-refractivity contribution < 1.29 is 0 Å². The van der Waals surface area contributed by atoms with Gasteiger partial charge in [-0.2, -0.15) is 0 Å². The van der Waals surface area contributed by atoms with Crippen LogP contribution >= 0.6 is 11.6 Å². The molecule has 18 heavy (non-hydrogen) atoms. The first-order chi connectivity index (χ1) is 8.84. The van der Waals surface area contributed by atoms with E-state index >= 15 is 0 Å². The van der Waals surface area contributed by atoms with Crippen molar-refractivity contribution in [2.24, 2.45) is 0 Å². The van der Waals surface area contributed by atoms with E-state index in [0.717, 1.165) is 23.2 Å². The quantitative estimate of drug-likeness (QED) is 0.731. The van der Waals surface area contributed by atoms with E-state index in [0.29, 0.717) is 10.7 Å². The van der Waals surface area contributed by atoms with Gasteiger partial charge in [-0.25, -0.2) is 15.0 Å². The minimum atomic E-state index is 0.390. The average Bonchev–Trinajstić information content (AvgIpc) is 2.67. The molecule has 3 nitrogen and oxygen atoms in total. The summed E-state index contributed by atoms with van der Waals surface area (Å²) in [5.74, 6) is 0. The Morgan fingerprint density at radius 1 is 1.11 bits per heavy atom. The van der Waals surface area contributed by atoms with E-state index in [4.69, 9.17) is 11.6 Å². The highest BCUT2D eigenvalue weighted by Gasteiger charge is 2.07. The fraction of sp³-hybridized carbons (Fsp3) is 0.0714. The molecule has 2 aromatic heterocycles. The third kappa shape index (κ3) is 2.05.